The molecule has 2 rings (SSSR count). The molecule has 14 heavy (non-hydrogen) atoms. The van der Waals surface area contributed by atoms with Gasteiger partial charge in [0.25, 0.3) is 0 Å². The lowest BCUT2D eigenvalue weighted by atomic mass is 10.1. The lowest BCUT2D eigenvalue weighted by molar-refractivity contribution is 1.31. The van der Waals surface area contributed by atoms with E-state index in [2.05, 4.69) is 11.1 Å². The van der Waals surface area contributed by atoms with E-state index in [1.807, 2.05) is 37.3 Å². The van der Waals surface area contributed by atoms with E-state index in [0.29, 0.717) is 5.02 Å². The molecule has 0 amide bonds. The van der Waals surface area contributed by atoms with E-state index in [9.17, 15) is 0 Å². The Kier molecular flexibility index (Phi) is 2.51. The first-order valence-corrected chi connectivity index (χ1v) is 4.74. The van der Waals surface area contributed by atoms with Crippen molar-refractivity contribution >= 4 is 11.6 Å². The predicted molar refractivity (Wildman–Crippen MR) is 58.3 cm³/mol. The molecule has 0 fully saturated rings. The molecule has 0 atom stereocenters. The molecule has 1 aromatic carbocycles. The van der Waals surface area contributed by atoms with Crippen LogP contribution in [-0.2, 0) is 0 Å². The summed E-state index contributed by atoms with van der Waals surface area (Å²) in [4.78, 5) is 4.21. The Balaban J connectivity index is 2.57. The van der Waals surface area contributed by atoms with Crippen molar-refractivity contribution in [2.75, 3.05) is 0 Å². The Bertz CT molecular complexity index is 437. The summed E-state index contributed by atoms with van der Waals surface area (Å²) in [7, 11) is 0. The highest BCUT2D eigenvalue weighted by molar-refractivity contribution is 6.33. The number of benzene rings is 1. The summed E-state index contributed by atoms with van der Waals surface area (Å²) in [5, 5.41) is 0.713. The number of aromatic nitrogens is 1. The molecule has 69 valence electrons. The van der Waals surface area contributed by atoms with Gasteiger partial charge in [-0.1, -0.05) is 29.3 Å². The number of halogens is 1. The molecule has 2 aromatic rings. The average molecular weight is 203 g/mol. The Labute approximate surface area is 88.4 Å². The fourth-order valence-corrected chi connectivity index (χ4v) is 1.50. The maximum Gasteiger partial charge on any atom is 0.0796 e. The van der Waals surface area contributed by atoms with Gasteiger partial charge in [0.2, 0.25) is 0 Å². The van der Waals surface area contributed by atoms with Gasteiger partial charge in [-0.15, -0.1) is 0 Å². The van der Waals surface area contributed by atoms with Crippen molar-refractivity contribution in [3.8, 4) is 11.3 Å². The summed E-state index contributed by atoms with van der Waals surface area (Å²) in [6.45, 7) is 2.03. The van der Waals surface area contributed by atoms with Gasteiger partial charge in [-0.2, -0.15) is 0 Å². The summed E-state index contributed by atoms with van der Waals surface area (Å²) >= 11 is 6.07. The zero-order valence-electron chi connectivity index (χ0n) is 7.79. The summed E-state index contributed by atoms with van der Waals surface area (Å²) in [6.07, 6.45) is 1.74. The third-order valence-corrected chi connectivity index (χ3v) is 2.31. The molecule has 1 radical (unpaired) electrons. The zero-order valence-corrected chi connectivity index (χ0v) is 8.55. The third kappa shape index (κ3) is 1.78. The van der Waals surface area contributed by atoms with Crippen LogP contribution in [0.4, 0.5) is 0 Å². The zero-order chi connectivity index (χ0) is 9.97. The smallest absolute Gasteiger partial charge is 0.0796 e. The maximum absolute atomic E-state index is 6.07. The Morgan fingerprint density at radius 1 is 1.36 bits per heavy atom. The van der Waals surface area contributed by atoms with Gasteiger partial charge in [0.1, 0.15) is 0 Å². The number of hydrogen-bond acceptors (Lipinski definition) is 1. The minimum absolute atomic E-state index is 0.713. The second kappa shape index (κ2) is 3.81. The van der Waals surface area contributed by atoms with Crippen molar-refractivity contribution in [2.45, 2.75) is 6.92 Å². The third-order valence-electron chi connectivity index (χ3n) is 1.98. The van der Waals surface area contributed by atoms with Crippen molar-refractivity contribution in [1.29, 1.82) is 0 Å². The van der Waals surface area contributed by atoms with E-state index in [1.165, 1.54) is 5.56 Å². The highest BCUT2D eigenvalue weighted by Gasteiger charge is 2.03. The second-order valence-corrected chi connectivity index (χ2v) is 3.52. The number of nitrogens with zero attached hydrogens (tertiary/aromatic N) is 1. The van der Waals surface area contributed by atoms with Crippen LogP contribution in [0.2, 0.25) is 5.02 Å². The van der Waals surface area contributed by atoms with E-state index in [4.69, 9.17) is 11.6 Å². The van der Waals surface area contributed by atoms with Crippen LogP contribution in [0, 0.1) is 13.0 Å². The molecule has 0 aliphatic rings. The predicted octanol–water partition coefficient (Wildman–Crippen LogP) is 3.51. The van der Waals surface area contributed by atoms with Gasteiger partial charge in [-0.05, 0) is 25.1 Å². The fourth-order valence-electron chi connectivity index (χ4n) is 1.29. The van der Waals surface area contributed by atoms with E-state index in [1.54, 1.807) is 6.20 Å². The van der Waals surface area contributed by atoms with E-state index in [-0.39, 0.29) is 0 Å². The van der Waals surface area contributed by atoms with Crippen molar-refractivity contribution in [1.82, 2.24) is 4.98 Å². The largest absolute Gasteiger partial charge is 0.256 e. The van der Waals surface area contributed by atoms with E-state index >= 15 is 0 Å². The summed E-state index contributed by atoms with van der Waals surface area (Å²) < 4.78 is 0. The molecule has 0 saturated carbocycles. The van der Waals surface area contributed by atoms with Crippen LogP contribution in [0.1, 0.15) is 5.56 Å². The summed E-state index contributed by atoms with van der Waals surface area (Å²) in [5.74, 6) is 0. The first kappa shape index (κ1) is 9.22. The van der Waals surface area contributed by atoms with Crippen molar-refractivity contribution < 1.29 is 0 Å². The van der Waals surface area contributed by atoms with E-state index < -0.39 is 0 Å². The number of rotatable bonds is 1. The van der Waals surface area contributed by atoms with Gasteiger partial charge in [0.05, 0.1) is 5.69 Å². The molecule has 1 aromatic heterocycles. The van der Waals surface area contributed by atoms with Crippen LogP contribution < -0.4 is 0 Å². The molecule has 1 heterocycles. The Morgan fingerprint density at radius 3 is 2.93 bits per heavy atom. The summed E-state index contributed by atoms with van der Waals surface area (Å²) in [6, 6.07) is 12.6. The lowest BCUT2D eigenvalue weighted by Crippen LogP contribution is -1.84. The van der Waals surface area contributed by atoms with Crippen LogP contribution in [0.5, 0.6) is 0 Å². The van der Waals surface area contributed by atoms with Crippen molar-refractivity contribution in [3.05, 3.63) is 53.2 Å². The maximum atomic E-state index is 6.07. The molecule has 0 unspecified atom stereocenters. The quantitative estimate of drug-likeness (QED) is 0.690. The van der Waals surface area contributed by atoms with E-state index in [0.717, 1.165) is 11.3 Å². The standard InChI is InChI=1S/C12H9ClN/c1-9-5-6-11(13)10(8-9)12-4-2-3-7-14-12/h2-3,5-8H,1H3. The molecule has 2 heteroatoms. The van der Waals surface area contributed by atoms with Crippen LogP contribution in [0.3, 0.4) is 0 Å². The van der Waals surface area contributed by atoms with Gasteiger partial charge in [-0.25, -0.2) is 0 Å². The normalized spacial score (nSPS) is 10.1. The molecular weight excluding hydrogens is 194 g/mol. The topological polar surface area (TPSA) is 12.9 Å². The van der Waals surface area contributed by atoms with Gasteiger partial charge in [-0.3, -0.25) is 4.98 Å². The molecule has 0 N–H and O–H groups in total. The van der Waals surface area contributed by atoms with Crippen LogP contribution in [-0.4, -0.2) is 4.98 Å². The van der Waals surface area contributed by atoms with Crippen LogP contribution in [0.25, 0.3) is 11.3 Å². The molecule has 0 spiro atoms. The molecular formula is C12H9ClN. The molecule has 0 saturated heterocycles. The number of aryl methyl sites for hydroxylation is 1. The molecule has 0 bridgehead atoms. The highest BCUT2D eigenvalue weighted by Crippen LogP contribution is 2.26. The second-order valence-electron chi connectivity index (χ2n) is 3.11. The average Bonchev–Trinajstić information content (AvgIpc) is 2.23. The summed E-state index contributed by atoms with van der Waals surface area (Å²) in [5.41, 5.74) is 2.90. The number of hydrogen-bond donors (Lipinski definition) is 0. The monoisotopic (exact) mass is 202 g/mol. The van der Waals surface area contributed by atoms with Crippen LogP contribution in [0.15, 0.2) is 36.5 Å². The fraction of sp³-hybridized carbons (Fsp3) is 0.0833. The van der Waals surface area contributed by atoms with Crippen LogP contribution >= 0.6 is 11.6 Å². The molecule has 1 nitrogen and oxygen atoms in total. The van der Waals surface area contributed by atoms with Gasteiger partial charge < -0.3 is 0 Å². The number of pyridine rings is 1. The Hall–Kier alpha value is -1.34. The molecule has 0 aliphatic heterocycles. The minimum atomic E-state index is 0.713. The molecule has 0 aliphatic carbocycles. The lowest BCUT2D eigenvalue weighted by Gasteiger charge is -2.03. The first-order valence-electron chi connectivity index (χ1n) is 4.36. The SMILES string of the molecule is Cc1ccc(Cl)c(-c2[c]cccn2)c1. The van der Waals surface area contributed by atoms with Crippen molar-refractivity contribution in [3.63, 3.8) is 0 Å². The highest BCUT2D eigenvalue weighted by atomic mass is 35.5. The van der Waals surface area contributed by atoms with Crippen molar-refractivity contribution in [2.24, 2.45) is 0 Å². The van der Waals surface area contributed by atoms with Gasteiger partial charge in [0.15, 0.2) is 0 Å². The minimum Gasteiger partial charge on any atom is -0.256 e. The van der Waals surface area contributed by atoms with Gasteiger partial charge >= 0.3 is 0 Å². The van der Waals surface area contributed by atoms with Gasteiger partial charge in [0, 0.05) is 22.8 Å². The first-order chi connectivity index (χ1) is 6.77. The Morgan fingerprint density at radius 2 is 2.21 bits per heavy atom.